The maximum atomic E-state index is 13.8. The maximum absolute atomic E-state index is 13.8. The van der Waals surface area contributed by atoms with Gasteiger partial charge in [-0.3, -0.25) is 14.3 Å². The van der Waals surface area contributed by atoms with E-state index in [-0.39, 0.29) is 33.9 Å². The molecule has 31 heavy (non-hydrogen) atoms. The van der Waals surface area contributed by atoms with Crippen molar-refractivity contribution in [1.29, 1.82) is 0 Å². The molecule has 0 aromatic heterocycles. The third-order valence-corrected chi connectivity index (χ3v) is 6.38. The molecule has 0 saturated carbocycles. The number of nitrogens with zero attached hydrogens (tertiary/aromatic N) is 2. The molecule has 3 rings (SSSR count). The van der Waals surface area contributed by atoms with Crippen LogP contribution in [0.4, 0.5) is 10.1 Å². The van der Waals surface area contributed by atoms with Crippen LogP contribution in [0.1, 0.15) is 30.6 Å². The molecule has 0 atom stereocenters. The Balaban J connectivity index is 1.69. The topological polar surface area (TPSA) is 86.8 Å². The van der Waals surface area contributed by atoms with Crippen LogP contribution in [-0.4, -0.2) is 56.2 Å². The molecular formula is C22H26FN3O4S. The van der Waals surface area contributed by atoms with Gasteiger partial charge in [0.05, 0.1) is 10.6 Å². The van der Waals surface area contributed by atoms with Crippen molar-refractivity contribution in [1.82, 2.24) is 9.80 Å². The molecule has 0 spiro atoms. The van der Waals surface area contributed by atoms with Gasteiger partial charge >= 0.3 is 0 Å². The highest BCUT2D eigenvalue weighted by Gasteiger charge is 2.26. The first kappa shape index (κ1) is 22.7. The summed E-state index contributed by atoms with van der Waals surface area (Å²) in [6, 6.07) is 11.1. The fourth-order valence-corrected chi connectivity index (χ4v) is 4.48. The number of rotatable bonds is 6. The second-order valence-corrected chi connectivity index (χ2v) is 9.57. The van der Waals surface area contributed by atoms with Crippen LogP contribution in [0.5, 0.6) is 0 Å². The van der Waals surface area contributed by atoms with E-state index in [1.807, 2.05) is 13.8 Å². The maximum Gasteiger partial charge on any atom is 0.262 e. The van der Waals surface area contributed by atoms with Gasteiger partial charge in [-0.1, -0.05) is 32.0 Å². The zero-order valence-electron chi connectivity index (χ0n) is 17.5. The van der Waals surface area contributed by atoms with E-state index in [1.54, 1.807) is 15.9 Å². The zero-order valence-corrected chi connectivity index (χ0v) is 18.4. The average Bonchev–Trinajstić information content (AvgIpc) is 2.74. The second-order valence-electron chi connectivity index (χ2n) is 7.88. The molecule has 1 fully saturated rings. The summed E-state index contributed by atoms with van der Waals surface area (Å²) in [7, 11) is -4.07. The number of amides is 2. The van der Waals surface area contributed by atoms with Crippen molar-refractivity contribution < 1.29 is 22.4 Å². The SMILES string of the molecule is CC(C)CC(=O)N1CCN(C(=O)c2cccc(S(=O)(=O)Nc3ccccc3F)c2)CC1. The summed E-state index contributed by atoms with van der Waals surface area (Å²) < 4.78 is 41.4. The minimum absolute atomic E-state index is 0.0782. The average molecular weight is 448 g/mol. The van der Waals surface area contributed by atoms with Crippen LogP contribution in [0, 0.1) is 11.7 Å². The largest absolute Gasteiger partial charge is 0.339 e. The third-order valence-electron chi connectivity index (χ3n) is 5.01. The third kappa shape index (κ3) is 5.61. The summed E-state index contributed by atoms with van der Waals surface area (Å²) >= 11 is 0. The number of anilines is 1. The molecule has 166 valence electrons. The number of carbonyl (C=O) groups is 2. The van der Waals surface area contributed by atoms with Gasteiger partial charge in [0.15, 0.2) is 0 Å². The van der Waals surface area contributed by atoms with Crippen LogP contribution in [0.25, 0.3) is 0 Å². The van der Waals surface area contributed by atoms with Crippen LogP contribution in [0.2, 0.25) is 0 Å². The van der Waals surface area contributed by atoms with E-state index in [2.05, 4.69) is 4.72 Å². The molecule has 2 aromatic carbocycles. The highest BCUT2D eigenvalue weighted by Crippen LogP contribution is 2.20. The molecule has 1 N–H and O–H groups in total. The van der Waals surface area contributed by atoms with E-state index in [1.165, 1.54) is 36.4 Å². The molecule has 2 aromatic rings. The Bertz CT molecular complexity index is 1060. The first-order chi connectivity index (χ1) is 14.7. The van der Waals surface area contributed by atoms with Crippen LogP contribution in [-0.2, 0) is 14.8 Å². The Morgan fingerprint density at radius 3 is 2.29 bits per heavy atom. The number of halogens is 1. The molecule has 0 unspecified atom stereocenters. The summed E-state index contributed by atoms with van der Waals surface area (Å²) in [5.74, 6) is -0.647. The molecule has 1 aliphatic rings. The Kier molecular flexibility index (Phi) is 6.94. The van der Waals surface area contributed by atoms with E-state index in [4.69, 9.17) is 0 Å². The van der Waals surface area contributed by atoms with Gasteiger partial charge in [-0.2, -0.15) is 0 Å². The normalized spacial score (nSPS) is 14.6. The first-order valence-electron chi connectivity index (χ1n) is 10.1. The minimum Gasteiger partial charge on any atom is -0.339 e. The lowest BCUT2D eigenvalue weighted by Gasteiger charge is -2.35. The molecule has 9 heteroatoms. The van der Waals surface area contributed by atoms with Gasteiger partial charge in [0.2, 0.25) is 5.91 Å². The number of hydrogen-bond acceptors (Lipinski definition) is 4. The van der Waals surface area contributed by atoms with E-state index >= 15 is 0 Å². The second kappa shape index (κ2) is 9.47. The molecule has 1 aliphatic heterocycles. The predicted molar refractivity (Wildman–Crippen MR) is 116 cm³/mol. The number of sulfonamides is 1. The van der Waals surface area contributed by atoms with Gasteiger partial charge in [-0.05, 0) is 36.2 Å². The van der Waals surface area contributed by atoms with Gasteiger partial charge in [0.25, 0.3) is 15.9 Å². The number of nitrogens with one attached hydrogen (secondary N) is 1. The highest BCUT2D eigenvalue weighted by atomic mass is 32.2. The van der Waals surface area contributed by atoms with Crippen molar-refractivity contribution in [3.63, 3.8) is 0 Å². The van der Waals surface area contributed by atoms with Gasteiger partial charge in [-0.15, -0.1) is 0 Å². The molecule has 0 aliphatic carbocycles. The minimum atomic E-state index is -4.07. The van der Waals surface area contributed by atoms with Crippen molar-refractivity contribution in [2.24, 2.45) is 5.92 Å². The summed E-state index contributed by atoms with van der Waals surface area (Å²) in [6.07, 6.45) is 0.475. The Morgan fingerprint density at radius 2 is 1.65 bits per heavy atom. The number of para-hydroxylation sites is 1. The number of piperazine rings is 1. The van der Waals surface area contributed by atoms with Crippen LogP contribution < -0.4 is 4.72 Å². The zero-order chi connectivity index (χ0) is 22.6. The van der Waals surface area contributed by atoms with E-state index in [9.17, 15) is 22.4 Å². The van der Waals surface area contributed by atoms with Crippen LogP contribution >= 0.6 is 0 Å². The highest BCUT2D eigenvalue weighted by molar-refractivity contribution is 7.92. The Morgan fingerprint density at radius 1 is 1.00 bits per heavy atom. The van der Waals surface area contributed by atoms with Gasteiger partial charge in [0.1, 0.15) is 5.82 Å². The van der Waals surface area contributed by atoms with Crippen molar-refractivity contribution >= 4 is 27.5 Å². The summed E-state index contributed by atoms with van der Waals surface area (Å²) in [6.45, 7) is 5.63. The molecule has 7 nitrogen and oxygen atoms in total. The van der Waals surface area contributed by atoms with Gasteiger partial charge < -0.3 is 9.80 Å². The Labute approximate surface area is 181 Å². The molecule has 1 heterocycles. The lowest BCUT2D eigenvalue weighted by molar-refractivity contribution is -0.133. The fraction of sp³-hybridized carbons (Fsp3) is 0.364. The molecular weight excluding hydrogens is 421 g/mol. The molecule has 0 radical (unpaired) electrons. The monoisotopic (exact) mass is 447 g/mol. The molecule has 2 amide bonds. The van der Waals surface area contributed by atoms with Crippen molar-refractivity contribution in [2.45, 2.75) is 25.2 Å². The molecule has 0 bridgehead atoms. The number of hydrogen-bond donors (Lipinski definition) is 1. The first-order valence-corrected chi connectivity index (χ1v) is 11.6. The van der Waals surface area contributed by atoms with Crippen molar-refractivity contribution in [2.75, 3.05) is 30.9 Å². The number of benzene rings is 2. The summed E-state index contributed by atoms with van der Waals surface area (Å²) in [5, 5.41) is 0. The van der Waals surface area contributed by atoms with Crippen molar-refractivity contribution in [3.05, 3.63) is 59.9 Å². The van der Waals surface area contributed by atoms with Crippen molar-refractivity contribution in [3.8, 4) is 0 Å². The predicted octanol–water partition coefficient (Wildman–Crippen LogP) is 2.96. The van der Waals surface area contributed by atoms with E-state index < -0.39 is 15.8 Å². The quantitative estimate of drug-likeness (QED) is 0.738. The lowest BCUT2D eigenvalue weighted by Crippen LogP contribution is -2.50. The summed E-state index contributed by atoms with van der Waals surface area (Å²) in [5.41, 5.74) is 0.0554. The smallest absolute Gasteiger partial charge is 0.262 e. The van der Waals surface area contributed by atoms with E-state index in [0.29, 0.717) is 32.6 Å². The molecule has 1 saturated heterocycles. The number of carbonyl (C=O) groups excluding carboxylic acids is 2. The lowest BCUT2D eigenvalue weighted by atomic mass is 10.1. The van der Waals surface area contributed by atoms with Crippen LogP contribution in [0.3, 0.4) is 0 Å². The van der Waals surface area contributed by atoms with Crippen LogP contribution in [0.15, 0.2) is 53.4 Å². The van der Waals surface area contributed by atoms with Gasteiger partial charge in [-0.25, -0.2) is 12.8 Å². The van der Waals surface area contributed by atoms with Gasteiger partial charge in [0, 0.05) is 38.2 Å². The standard InChI is InChI=1S/C22H26FN3O4S/c1-16(2)14-21(27)25-10-12-26(13-11-25)22(28)17-6-5-7-18(15-17)31(29,30)24-20-9-4-3-8-19(20)23/h3-9,15-16,24H,10-14H2,1-2H3. The Hall–Kier alpha value is -2.94. The fourth-order valence-electron chi connectivity index (χ4n) is 3.36. The summed E-state index contributed by atoms with van der Waals surface area (Å²) in [4.78, 5) is 28.3. The van der Waals surface area contributed by atoms with E-state index in [0.717, 1.165) is 6.07 Å².